The molecule has 231 valence electrons. The predicted molar refractivity (Wildman–Crippen MR) is 182 cm³/mol. The molecule has 0 unspecified atom stereocenters. The van der Waals surface area contributed by atoms with Gasteiger partial charge in [0, 0.05) is 48.8 Å². The number of ketones is 1. The number of hydrogen-bond acceptors (Lipinski definition) is 4. The normalized spacial score (nSPS) is 12.0. The smallest absolute Gasteiger partial charge is 0.162 e. The Kier molecular flexibility index (Phi) is 9.96. The zero-order valence-electron chi connectivity index (χ0n) is 26.2. The Bertz CT molecular complexity index is 2040. The molecule has 0 amide bonds. The molecule has 0 bridgehead atoms. The van der Waals surface area contributed by atoms with E-state index in [9.17, 15) is 9.90 Å². The maximum atomic E-state index is 11.7. The number of carbonyl (C=O) groups is 1. The van der Waals surface area contributed by atoms with E-state index in [1.165, 1.54) is 22.5 Å². The number of rotatable bonds is 8. The molecule has 0 spiro atoms. The number of aliphatic hydroxyl groups is 1. The van der Waals surface area contributed by atoms with Gasteiger partial charge in [-0.1, -0.05) is 93.2 Å². The van der Waals surface area contributed by atoms with Gasteiger partial charge in [-0.3, -0.25) is 14.8 Å². The van der Waals surface area contributed by atoms with Crippen LogP contribution in [0.15, 0.2) is 96.8 Å². The Morgan fingerprint density at radius 1 is 0.756 bits per heavy atom. The van der Waals surface area contributed by atoms with Crippen LogP contribution in [0.1, 0.15) is 53.4 Å². The van der Waals surface area contributed by atoms with Gasteiger partial charge in [-0.15, -0.1) is 29.7 Å². The third-order valence-electron chi connectivity index (χ3n) is 8.89. The average molecular weight is 773 g/mol. The van der Waals surface area contributed by atoms with E-state index >= 15 is 0 Å². The molecule has 3 heterocycles. The van der Waals surface area contributed by atoms with Crippen molar-refractivity contribution in [1.82, 2.24) is 14.4 Å². The summed E-state index contributed by atoms with van der Waals surface area (Å²) in [5, 5.41) is 14.3. The van der Waals surface area contributed by atoms with Gasteiger partial charge >= 0.3 is 0 Å². The fraction of sp³-hybridized carbons (Fsp3) is 0.256. The molecule has 45 heavy (non-hydrogen) atoms. The molecule has 6 heteroatoms. The number of carbonyl (C=O) groups excluding carboxylic acids is 1. The van der Waals surface area contributed by atoms with Gasteiger partial charge in [0.05, 0.1) is 39.2 Å². The average Bonchev–Trinajstić information content (AvgIpc) is 3.58. The van der Waals surface area contributed by atoms with E-state index in [0.717, 1.165) is 69.8 Å². The van der Waals surface area contributed by atoms with E-state index in [4.69, 9.17) is 9.97 Å². The SMILES string of the molecule is CCC(CC)C(=O)/C=C(\O)C(CC)CC.[Ir].[c-]1c(-c2nc3c4ccccc4n4c5ccccc5c(n2)c34)ccc2ccccc12. The van der Waals surface area contributed by atoms with E-state index in [1.54, 1.807) is 0 Å². The third-order valence-corrected chi connectivity index (χ3v) is 8.89. The molecule has 0 saturated carbocycles. The Hall–Kier alpha value is -4.12. The Labute approximate surface area is 277 Å². The fourth-order valence-electron chi connectivity index (χ4n) is 6.30. The summed E-state index contributed by atoms with van der Waals surface area (Å²) >= 11 is 0. The Morgan fingerprint density at radius 2 is 1.29 bits per heavy atom. The van der Waals surface area contributed by atoms with E-state index < -0.39 is 0 Å². The molecule has 7 aromatic rings. The van der Waals surface area contributed by atoms with Crippen molar-refractivity contribution in [1.29, 1.82) is 0 Å². The van der Waals surface area contributed by atoms with Crippen molar-refractivity contribution < 1.29 is 30.0 Å². The van der Waals surface area contributed by atoms with Crippen LogP contribution in [0.25, 0.3) is 60.5 Å². The molecule has 0 fully saturated rings. The molecule has 0 aliphatic rings. The van der Waals surface area contributed by atoms with E-state index in [1.807, 2.05) is 39.8 Å². The standard InChI is InChI=1S/C26H14N3.C13H24O2.Ir/c1-2-8-17-15-18(14-13-16(17)7-1)26-27-23-19-9-3-5-11-21(19)29-22-12-6-4-10-20(22)24(28-26)25(23)29;1-5-10(6-2)12(14)9-13(15)11(7-3)8-4;/h1-14H;9-11,14H,5-8H2,1-4H3;/q-1;;/b;12-9-;. The third kappa shape index (κ3) is 5.97. The molecule has 0 atom stereocenters. The Balaban J connectivity index is 0.000000217. The second kappa shape index (κ2) is 13.9. The van der Waals surface area contributed by atoms with Crippen LogP contribution in [0, 0.1) is 17.9 Å². The summed E-state index contributed by atoms with van der Waals surface area (Å²) in [5.74, 6) is 1.27. The number of nitrogens with zero attached hydrogens (tertiary/aromatic N) is 3. The minimum absolute atomic E-state index is 0. The molecule has 1 radical (unpaired) electrons. The largest absolute Gasteiger partial charge is 0.512 e. The molecular formula is C39H38IrN3O2-. The van der Waals surface area contributed by atoms with E-state index in [2.05, 4.69) is 83.3 Å². The molecule has 0 saturated heterocycles. The number of aromatic nitrogens is 3. The van der Waals surface area contributed by atoms with Crippen molar-refractivity contribution in [3.63, 3.8) is 0 Å². The van der Waals surface area contributed by atoms with Crippen molar-refractivity contribution in [2.75, 3.05) is 0 Å². The van der Waals surface area contributed by atoms with Crippen LogP contribution in [0.2, 0.25) is 0 Å². The molecular weight excluding hydrogens is 735 g/mol. The molecule has 0 aliphatic heterocycles. The summed E-state index contributed by atoms with van der Waals surface area (Å²) in [6, 6.07) is 32.9. The van der Waals surface area contributed by atoms with Crippen molar-refractivity contribution in [2.24, 2.45) is 11.8 Å². The van der Waals surface area contributed by atoms with Crippen LogP contribution >= 0.6 is 0 Å². The molecule has 7 rings (SSSR count). The predicted octanol–water partition coefficient (Wildman–Crippen LogP) is 10.1. The summed E-state index contributed by atoms with van der Waals surface area (Å²) in [6.07, 6.45) is 4.91. The van der Waals surface area contributed by atoms with Gasteiger partial charge in [0.1, 0.15) is 0 Å². The molecule has 3 aromatic heterocycles. The van der Waals surface area contributed by atoms with Gasteiger partial charge in [-0.25, -0.2) is 0 Å². The topological polar surface area (TPSA) is 67.5 Å². The van der Waals surface area contributed by atoms with Crippen molar-refractivity contribution in [2.45, 2.75) is 53.4 Å². The minimum Gasteiger partial charge on any atom is -0.512 e. The van der Waals surface area contributed by atoms with Gasteiger partial charge in [-0.05, 0) is 37.8 Å². The zero-order valence-corrected chi connectivity index (χ0v) is 28.6. The number of benzene rings is 4. The quantitative estimate of drug-likeness (QED) is 0.0949. The number of fused-ring (bicyclic) bond motifs is 7. The summed E-state index contributed by atoms with van der Waals surface area (Å²) in [4.78, 5) is 21.8. The molecule has 5 nitrogen and oxygen atoms in total. The molecule has 1 N–H and O–H groups in total. The monoisotopic (exact) mass is 773 g/mol. The van der Waals surface area contributed by atoms with Crippen molar-refractivity contribution >= 4 is 54.9 Å². The number of para-hydroxylation sites is 2. The van der Waals surface area contributed by atoms with Crippen LogP contribution in [0.4, 0.5) is 0 Å². The van der Waals surface area contributed by atoms with Gasteiger partial charge < -0.3 is 9.51 Å². The first kappa shape index (κ1) is 32.3. The number of aliphatic hydroxyl groups excluding tert-OH is 1. The van der Waals surface area contributed by atoms with Crippen LogP contribution in [0.5, 0.6) is 0 Å². The van der Waals surface area contributed by atoms with Crippen LogP contribution in [0.3, 0.4) is 0 Å². The van der Waals surface area contributed by atoms with E-state index in [-0.39, 0.29) is 43.5 Å². The molecule has 4 aromatic carbocycles. The summed E-state index contributed by atoms with van der Waals surface area (Å²) in [6.45, 7) is 8.07. The van der Waals surface area contributed by atoms with Crippen molar-refractivity contribution in [3.8, 4) is 11.4 Å². The van der Waals surface area contributed by atoms with Crippen molar-refractivity contribution in [3.05, 3.63) is 103 Å². The maximum absolute atomic E-state index is 11.7. The zero-order chi connectivity index (χ0) is 30.8. The minimum atomic E-state index is 0. The summed E-state index contributed by atoms with van der Waals surface area (Å²) in [5.41, 5.74) is 6.35. The van der Waals surface area contributed by atoms with Gasteiger partial charge in [0.15, 0.2) is 5.78 Å². The maximum Gasteiger partial charge on any atom is 0.162 e. The number of hydrogen-bond donors (Lipinski definition) is 1. The second-order valence-corrected chi connectivity index (χ2v) is 11.4. The van der Waals surface area contributed by atoms with Crippen LogP contribution in [-0.2, 0) is 24.9 Å². The number of allylic oxidation sites excluding steroid dienone is 2. The fourth-order valence-corrected chi connectivity index (χ4v) is 6.30. The van der Waals surface area contributed by atoms with Gasteiger partial charge in [0.2, 0.25) is 0 Å². The first-order valence-electron chi connectivity index (χ1n) is 15.8. The van der Waals surface area contributed by atoms with Crippen LogP contribution in [-0.4, -0.2) is 25.3 Å². The first-order valence-corrected chi connectivity index (χ1v) is 15.8. The Morgan fingerprint density at radius 3 is 1.87 bits per heavy atom. The molecule has 0 aliphatic carbocycles. The van der Waals surface area contributed by atoms with Gasteiger partial charge in [0.25, 0.3) is 0 Å². The summed E-state index contributed by atoms with van der Waals surface area (Å²) in [7, 11) is 0. The van der Waals surface area contributed by atoms with Gasteiger partial charge in [-0.2, -0.15) is 0 Å². The first-order chi connectivity index (χ1) is 21.5. The van der Waals surface area contributed by atoms with E-state index in [0.29, 0.717) is 0 Å². The summed E-state index contributed by atoms with van der Waals surface area (Å²) < 4.78 is 2.29. The van der Waals surface area contributed by atoms with Crippen LogP contribution < -0.4 is 0 Å². The second-order valence-electron chi connectivity index (χ2n) is 11.4.